The Kier molecular flexibility index (Phi) is 4.28. The van der Waals surface area contributed by atoms with Gasteiger partial charge in [0.2, 0.25) is 0 Å². The molecule has 3 N–H and O–H groups in total. The quantitative estimate of drug-likeness (QED) is 0.829. The summed E-state index contributed by atoms with van der Waals surface area (Å²) in [6.45, 7) is 5.58. The zero-order valence-corrected chi connectivity index (χ0v) is 12.3. The molecule has 1 fully saturated rings. The Labute approximate surface area is 118 Å². The minimum Gasteiger partial charge on any atom is -0.351 e. The van der Waals surface area contributed by atoms with Crippen LogP contribution in [-0.2, 0) is 0 Å². The average molecular weight is 276 g/mol. The van der Waals surface area contributed by atoms with Crippen LogP contribution < -0.4 is 11.1 Å². The van der Waals surface area contributed by atoms with Gasteiger partial charge >= 0.3 is 0 Å². The van der Waals surface area contributed by atoms with Gasteiger partial charge in [0, 0.05) is 11.9 Å². The van der Waals surface area contributed by atoms with E-state index in [0.29, 0.717) is 23.4 Å². The highest BCUT2D eigenvalue weighted by atomic mass is 32.1. The number of nitrogens with one attached hydrogen (secondary N) is 1. The Morgan fingerprint density at radius 1 is 1.58 bits per heavy atom. The fourth-order valence-corrected chi connectivity index (χ4v) is 2.89. The lowest BCUT2D eigenvalue weighted by Gasteiger charge is -2.19. The minimum absolute atomic E-state index is 0.00368. The van der Waals surface area contributed by atoms with Crippen molar-refractivity contribution >= 4 is 17.2 Å². The summed E-state index contributed by atoms with van der Waals surface area (Å²) in [5.74, 6) is 6.37. The second-order valence-electron chi connectivity index (χ2n) is 5.41. The van der Waals surface area contributed by atoms with Crippen molar-refractivity contribution < 1.29 is 4.79 Å². The zero-order chi connectivity index (χ0) is 13.9. The first-order chi connectivity index (χ1) is 9.07. The molecule has 0 atom stereocenters. The summed E-state index contributed by atoms with van der Waals surface area (Å²) >= 11 is 1.48. The molecule has 102 valence electrons. The summed E-state index contributed by atoms with van der Waals surface area (Å²) in [5, 5.41) is 4.90. The van der Waals surface area contributed by atoms with Gasteiger partial charge < -0.3 is 11.1 Å². The van der Waals surface area contributed by atoms with Crippen LogP contribution in [0.5, 0.6) is 0 Å². The first-order valence-corrected chi connectivity index (χ1v) is 7.51. The summed E-state index contributed by atoms with van der Waals surface area (Å²) in [6, 6.07) is 1.83. The summed E-state index contributed by atoms with van der Waals surface area (Å²) < 4.78 is 0. The molecule has 0 saturated heterocycles. The fourth-order valence-electron chi connectivity index (χ4n) is 2.14. The van der Waals surface area contributed by atoms with Crippen LogP contribution in [0.3, 0.4) is 0 Å². The molecule has 1 heterocycles. The summed E-state index contributed by atoms with van der Waals surface area (Å²) in [6.07, 6.45) is 2.45. The largest absolute Gasteiger partial charge is 0.351 e. The van der Waals surface area contributed by atoms with E-state index in [4.69, 9.17) is 5.73 Å². The van der Waals surface area contributed by atoms with Crippen LogP contribution in [0.25, 0.3) is 0 Å². The van der Waals surface area contributed by atoms with Crippen molar-refractivity contribution in [2.45, 2.75) is 26.7 Å². The zero-order valence-electron chi connectivity index (χ0n) is 11.5. The lowest BCUT2D eigenvalue weighted by atomic mass is 9.92. The topological polar surface area (TPSA) is 55.1 Å². The Bertz CT molecular complexity index is 518. The first-order valence-electron chi connectivity index (χ1n) is 6.63. The van der Waals surface area contributed by atoms with Gasteiger partial charge in [-0.3, -0.25) is 4.79 Å². The molecule has 1 aromatic heterocycles. The highest BCUT2D eigenvalue weighted by molar-refractivity contribution is 7.10. The van der Waals surface area contributed by atoms with E-state index in [1.807, 2.05) is 11.4 Å². The number of hydrogen-bond donors (Lipinski definition) is 2. The van der Waals surface area contributed by atoms with Crippen molar-refractivity contribution in [3.05, 3.63) is 21.9 Å². The number of hydrogen-bond acceptors (Lipinski definition) is 3. The van der Waals surface area contributed by atoms with Crippen molar-refractivity contribution in [2.75, 3.05) is 13.1 Å². The third-order valence-electron chi connectivity index (χ3n) is 3.89. The molecule has 0 aliphatic heterocycles. The molecular weight excluding hydrogens is 256 g/mol. The summed E-state index contributed by atoms with van der Waals surface area (Å²) in [7, 11) is 0. The number of rotatable bonds is 4. The molecule has 3 nitrogen and oxygen atoms in total. The number of carbonyl (C=O) groups excluding carboxylic acids is 1. The van der Waals surface area contributed by atoms with Crippen LogP contribution in [0.1, 0.15) is 41.9 Å². The maximum Gasteiger partial charge on any atom is 0.252 e. The highest BCUT2D eigenvalue weighted by Crippen LogP contribution is 2.51. The van der Waals surface area contributed by atoms with Gasteiger partial charge in [0.15, 0.2) is 0 Å². The van der Waals surface area contributed by atoms with Gasteiger partial charge in [-0.15, -0.1) is 11.3 Å². The molecule has 0 unspecified atom stereocenters. The van der Waals surface area contributed by atoms with Crippen molar-refractivity contribution in [1.29, 1.82) is 0 Å². The predicted octanol–water partition coefficient (Wildman–Crippen LogP) is 2.22. The monoisotopic (exact) mass is 276 g/mol. The van der Waals surface area contributed by atoms with Crippen LogP contribution >= 0.6 is 11.3 Å². The van der Waals surface area contributed by atoms with Crippen molar-refractivity contribution in [3.63, 3.8) is 0 Å². The molecule has 4 heteroatoms. The van der Waals surface area contributed by atoms with Crippen molar-refractivity contribution in [2.24, 2.45) is 17.1 Å². The van der Waals surface area contributed by atoms with Gasteiger partial charge in [0.05, 0.1) is 17.0 Å². The molecule has 0 radical (unpaired) electrons. The molecule has 2 rings (SSSR count). The standard InChI is InChI=1S/C15H20N2OS/c1-11(2)15(5-6-15)10-17-14(18)12-8-13(19-9-12)4-3-7-16/h8-9,11H,5-7,10,16H2,1-2H3,(H,17,18). The minimum atomic E-state index is 0.00368. The maximum atomic E-state index is 12.1. The third-order valence-corrected chi connectivity index (χ3v) is 4.74. The van der Waals surface area contributed by atoms with E-state index in [2.05, 4.69) is 31.0 Å². The molecule has 1 aliphatic carbocycles. The Balaban J connectivity index is 1.91. The SMILES string of the molecule is CC(C)C1(CNC(=O)c2csc(C#CCN)c2)CC1. The van der Waals surface area contributed by atoms with Crippen molar-refractivity contribution in [3.8, 4) is 11.8 Å². The predicted molar refractivity (Wildman–Crippen MR) is 79.1 cm³/mol. The molecule has 0 spiro atoms. The molecule has 1 amide bonds. The molecule has 19 heavy (non-hydrogen) atoms. The van der Waals surface area contributed by atoms with Gasteiger partial charge in [0.1, 0.15) is 0 Å². The van der Waals surface area contributed by atoms with E-state index in [-0.39, 0.29) is 5.91 Å². The Morgan fingerprint density at radius 3 is 2.89 bits per heavy atom. The molecule has 0 aromatic carbocycles. The Hall–Kier alpha value is -1.31. The second kappa shape index (κ2) is 5.77. The molecule has 1 saturated carbocycles. The van der Waals surface area contributed by atoms with E-state index in [1.165, 1.54) is 24.2 Å². The average Bonchev–Trinajstić information content (AvgIpc) is 3.05. The number of amides is 1. The second-order valence-corrected chi connectivity index (χ2v) is 6.32. The molecular formula is C15H20N2OS. The van der Waals surface area contributed by atoms with Gasteiger partial charge in [-0.1, -0.05) is 25.7 Å². The Morgan fingerprint density at radius 2 is 2.32 bits per heavy atom. The van der Waals surface area contributed by atoms with E-state index in [1.54, 1.807) is 0 Å². The number of nitrogens with two attached hydrogens (primary N) is 1. The van der Waals surface area contributed by atoms with E-state index < -0.39 is 0 Å². The highest BCUT2D eigenvalue weighted by Gasteiger charge is 2.45. The van der Waals surface area contributed by atoms with Crippen LogP contribution in [0.15, 0.2) is 11.4 Å². The van der Waals surface area contributed by atoms with Crippen LogP contribution in [0, 0.1) is 23.2 Å². The van der Waals surface area contributed by atoms with Gasteiger partial charge in [-0.25, -0.2) is 0 Å². The van der Waals surface area contributed by atoms with Crippen LogP contribution in [0.4, 0.5) is 0 Å². The number of thiophene rings is 1. The summed E-state index contributed by atoms with van der Waals surface area (Å²) in [5.41, 5.74) is 6.37. The van der Waals surface area contributed by atoms with Crippen LogP contribution in [0.2, 0.25) is 0 Å². The van der Waals surface area contributed by atoms with Crippen LogP contribution in [-0.4, -0.2) is 19.0 Å². The lowest BCUT2D eigenvalue weighted by Crippen LogP contribution is -2.32. The number of carbonyl (C=O) groups is 1. The van der Waals surface area contributed by atoms with E-state index in [9.17, 15) is 4.79 Å². The summed E-state index contributed by atoms with van der Waals surface area (Å²) in [4.78, 5) is 12.9. The van der Waals surface area contributed by atoms with E-state index >= 15 is 0 Å². The molecule has 0 bridgehead atoms. The lowest BCUT2D eigenvalue weighted by molar-refractivity contribution is 0.0940. The van der Waals surface area contributed by atoms with Gasteiger partial charge in [-0.2, -0.15) is 0 Å². The van der Waals surface area contributed by atoms with E-state index in [0.717, 1.165) is 11.4 Å². The van der Waals surface area contributed by atoms with Gasteiger partial charge in [0.25, 0.3) is 5.91 Å². The maximum absolute atomic E-state index is 12.1. The molecule has 1 aliphatic rings. The molecule has 1 aromatic rings. The normalized spacial score (nSPS) is 15.8. The fraction of sp³-hybridized carbons (Fsp3) is 0.533. The smallest absolute Gasteiger partial charge is 0.252 e. The van der Waals surface area contributed by atoms with Gasteiger partial charge in [-0.05, 0) is 30.2 Å². The van der Waals surface area contributed by atoms with Crippen molar-refractivity contribution in [1.82, 2.24) is 5.32 Å². The first kappa shape index (κ1) is 14.1. The third kappa shape index (κ3) is 3.37.